The van der Waals surface area contributed by atoms with Gasteiger partial charge in [-0.15, -0.1) is 0 Å². The van der Waals surface area contributed by atoms with Crippen LogP contribution in [0.15, 0.2) is 0 Å². The van der Waals surface area contributed by atoms with E-state index in [1.165, 1.54) is 10.1 Å². The molecule has 2 saturated heterocycles. The van der Waals surface area contributed by atoms with Crippen LogP contribution in [0, 0.1) is 0 Å². The Bertz CT molecular complexity index is 652. The Kier molecular flexibility index (Phi) is 10.4. The fourth-order valence-electron chi connectivity index (χ4n) is 6.62. The average molecular weight is 511 g/mol. The predicted molar refractivity (Wildman–Crippen MR) is 143 cm³/mol. The molecule has 2 aliphatic rings. The van der Waals surface area contributed by atoms with Crippen molar-refractivity contribution in [1.82, 2.24) is 20.8 Å². The molecule has 2 fully saturated rings. The summed E-state index contributed by atoms with van der Waals surface area (Å²) >= 11 is 0. The normalized spacial score (nSPS) is 24.4. The SMILES string of the molecule is CC1(C)CC(NC(=O)CCCCCCCCC(=O)NC2CC(C)(C)N(O)C(C)(C)C2)CC(C)(C)N1O. The van der Waals surface area contributed by atoms with Gasteiger partial charge >= 0.3 is 0 Å². The van der Waals surface area contributed by atoms with Crippen molar-refractivity contribution in [2.24, 2.45) is 0 Å². The standard InChI is InChI=1S/C28H54N4O4/c1-25(2)17-21(18-26(3,4)31(25)35)29-23(33)15-13-11-9-10-12-14-16-24(34)30-22-19-27(5,6)32(36)28(7,8)20-22/h21-22,35-36H,9-20H2,1-8H3,(H,29,33)(H,30,34). The number of rotatable bonds is 11. The summed E-state index contributed by atoms with van der Waals surface area (Å²) in [5.41, 5.74) is -1.44. The van der Waals surface area contributed by atoms with Crippen molar-refractivity contribution >= 4 is 11.8 Å². The van der Waals surface area contributed by atoms with E-state index in [2.05, 4.69) is 10.6 Å². The largest absolute Gasteiger partial charge is 0.353 e. The fraction of sp³-hybridized carbons (Fsp3) is 0.929. The third-order valence-corrected chi connectivity index (χ3v) is 8.07. The van der Waals surface area contributed by atoms with Crippen LogP contribution in [0.2, 0.25) is 0 Å². The summed E-state index contributed by atoms with van der Waals surface area (Å²) in [5, 5.41) is 30.1. The number of unbranched alkanes of at least 4 members (excludes halogenated alkanes) is 5. The van der Waals surface area contributed by atoms with E-state index in [1.54, 1.807) is 0 Å². The van der Waals surface area contributed by atoms with Crippen molar-refractivity contribution in [2.75, 3.05) is 0 Å². The molecule has 210 valence electrons. The molecular formula is C28H54N4O4. The first-order valence-corrected chi connectivity index (χ1v) is 14.0. The Balaban J connectivity index is 1.54. The quantitative estimate of drug-likeness (QED) is 0.286. The van der Waals surface area contributed by atoms with Gasteiger partial charge in [-0.2, -0.15) is 10.1 Å². The van der Waals surface area contributed by atoms with Crippen molar-refractivity contribution in [3.8, 4) is 0 Å². The number of hydroxylamine groups is 4. The number of carbonyl (C=O) groups excluding carboxylic acids is 2. The molecule has 0 spiro atoms. The maximum Gasteiger partial charge on any atom is 0.220 e. The van der Waals surface area contributed by atoms with E-state index in [0.29, 0.717) is 12.8 Å². The summed E-state index contributed by atoms with van der Waals surface area (Å²) in [4.78, 5) is 24.9. The third kappa shape index (κ3) is 8.67. The van der Waals surface area contributed by atoms with Crippen LogP contribution in [0.3, 0.4) is 0 Å². The zero-order valence-electron chi connectivity index (χ0n) is 24.2. The van der Waals surface area contributed by atoms with Gasteiger partial charge in [-0.05, 0) is 93.9 Å². The number of piperidine rings is 2. The summed E-state index contributed by atoms with van der Waals surface area (Å²) in [6.45, 7) is 16.1. The summed E-state index contributed by atoms with van der Waals surface area (Å²) < 4.78 is 0. The zero-order valence-corrected chi connectivity index (χ0v) is 24.2. The molecule has 0 bridgehead atoms. The Morgan fingerprint density at radius 1 is 0.583 bits per heavy atom. The zero-order chi connectivity index (χ0) is 27.4. The van der Waals surface area contributed by atoms with Crippen LogP contribution in [0.4, 0.5) is 0 Å². The second-order valence-electron chi connectivity index (χ2n) is 13.8. The van der Waals surface area contributed by atoms with E-state index in [9.17, 15) is 20.0 Å². The molecule has 0 radical (unpaired) electrons. The molecule has 0 unspecified atom stereocenters. The molecule has 2 heterocycles. The van der Waals surface area contributed by atoms with Gasteiger partial charge in [0.1, 0.15) is 0 Å². The minimum atomic E-state index is -0.360. The highest BCUT2D eigenvalue weighted by molar-refractivity contribution is 5.76. The maximum absolute atomic E-state index is 12.4. The third-order valence-electron chi connectivity index (χ3n) is 8.07. The lowest BCUT2D eigenvalue weighted by Crippen LogP contribution is -2.62. The molecule has 0 atom stereocenters. The van der Waals surface area contributed by atoms with Crippen LogP contribution >= 0.6 is 0 Å². The van der Waals surface area contributed by atoms with E-state index in [0.717, 1.165) is 64.2 Å². The second-order valence-corrected chi connectivity index (χ2v) is 13.8. The van der Waals surface area contributed by atoms with Crippen molar-refractivity contribution in [3.63, 3.8) is 0 Å². The van der Waals surface area contributed by atoms with Crippen LogP contribution < -0.4 is 10.6 Å². The van der Waals surface area contributed by atoms with Gasteiger partial charge in [0.05, 0.1) is 0 Å². The van der Waals surface area contributed by atoms with Crippen molar-refractivity contribution in [2.45, 2.75) is 167 Å². The molecule has 0 aromatic rings. The Morgan fingerprint density at radius 2 is 0.833 bits per heavy atom. The van der Waals surface area contributed by atoms with Gasteiger partial charge in [-0.25, -0.2) is 0 Å². The van der Waals surface area contributed by atoms with Crippen LogP contribution in [-0.4, -0.2) is 66.6 Å². The van der Waals surface area contributed by atoms with E-state index in [-0.39, 0.29) is 46.1 Å². The molecule has 8 nitrogen and oxygen atoms in total. The van der Waals surface area contributed by atoms with Crippen LogP contribution in [0.5, 0.6) is 0 Å². The minimum Gasteiger partial charge on any atom is -0.353 e. The van der Waals surface area contributed by atoms with Gasteiger partial charge in [0.2, 0.25) is 11.8 Å². The maximum atomic E-state index is 12.4. The molecule has 8 heteroatoms. The van der Waals surface area contributed by atoms with E-state index in [1.807, 2.05) is 55.4 Å². The topological polar surface area (TPSA) is 105 Å². The van der Waals surface area contributed by atoms with Gasteiger partial charge < -0.3 is 21.0 Å². The minimum absolute atomic E-state index is 0.0883. The number of hydrogen-bond donors (Lipinski definition) is 4. The molecule has 36 heavy (non-hydrogen) atoms. The summed E-state index contributed by atoms with van der Waals surface area (Å²) in [6.07, 6.45) is 10.0. The van der Waals surface area contributed by atoms with E-state index in [4.69, 9.17) is 0 Å². The van der Waals surface area contributed by atoms with Crippen LogP contribution in [-0.2, 0) is 9.59 Å². The first kappa shape index (κ1) is 31.0. The molecule has 2 aliphatic heterocycles. The Morgan fingerprint density at radius 3 is 1.11 bits per heavy atom. The highest BCUT2D eigenvalue weighted by Gasteiger charge is 2.46. The monoisotopic (exact) mass is 510 g/mol. The van der Waals surface area contributed by atoms with Gasteiger partial charge in [0.15, 0.2) is 0 Å². The van der Waals surface area contributed by atoms with Gasteiger partial charge in [0, 0.05) is 47.1 Å². The van der Waals surface area contributed by atoms with Gasteiger partial charge in [0.25, 0.3) is 0 Å². The second kappa shape index (κ2) is 12.1. The summed E-state index contributed by atoms with van der Waals surface area (Å²) in [5.74, 6) is 0.209. The Hall–Kier alpha value is -1.22. The molecule has 0 aromatic heterocycles. The van der Waals surface area contributed by atoms with Gasteiger partial charge in [-0.1, -0.05) is 25.7 Å². The number of nitrogens with one attached hydrogen (secondary N) is 2. The molecule has 2 rings (SSSR count). The molecule has 0 saturated carbocycles. The average Bonchev–Trinajstić information content (AvgIpc) is 2.71. The lowest BCUT2D eigenvalue weighted by molar-refractivity contribution is -0.246. The molecule has 4 N–H and O–H groups in total. The van der Waals surface area contributed by atoms with Gasteiger partial charge in [-0.3, -0.25) is 9.59 Å². The molecule has 2 amide bonds. The highest BCUT2D eigenvalue weighted by Crippen LogP contribution is 2.37. The number of carbonyl (C=O) groups is 2. The number of amides is 2. The predicted octanol–water partition coefficient (Wildman–Crippen LogP) is 5.16. The van der Waals surface area contributed by atoms with Crippen LogP contribution in [0.1, 0.15) is 132 Å². The molecule has 0 aromatic carbocycles. The van der Waals surface area contributed by atoms with Crippen molar-refractivity contribution in [3.05, 3.63) is 0 Å². The van der Waals surface area contributed by atoms with Crippen molar-refractivity contribution < 1.29 is 20.0 Å². The van der Waals surface area contributed by atoms with E-state index >= 15 is 0 Å². The van der Waals surface area contributed by atoms with Crippen LogP contribution in [0.25, 0.3) is 0 Å². The fourth-order valence-corrected chi connectivity index (χ4v) is 6.62. The highest BCUT2D eigenvalue weighted by atomic mass is 16.5. The lowest BCUT2D eigenvalue weighted by atomic mass is 9.79. The first-order valence-electron chi connectivity index (χ1n) is 14.0. The summed E-state index contributed by atoms with van der Waals surface area (Å²) in [7, 11) is 0. The lowest BCUT2D eigenvalue weighted by Gasteiger charge is -2.51. The number of nitrogens with zero attached hydrogens (tertiary/aromatic N) is 2. The number of hydrogen-bond acceptors (Lipinski definition) is 6. The molecular weight excluding hydrogens is 456 g/mol. The van der Waals surface area contributed by atoms with Crippen molar-refractivity contribution in [1.29, 1.82) is 0 Å². The Labute approximate surface area is 219 Å². The van der Waals surface area contributed by atoms with E-state index < -0.39 is 0 Å². The molecule has 0 aliphatic carbocycles. The first-order chi connectivity index (χ1) is 16.5. The summed E-state index contributed by atoms with van der Waals surface area (Å²) in [6, 6.07) is 0.177. The smallest absolute Gasteiger partial charge is 0.220 e.